The summed E-state index contributed by atoms with van der Waals surface area (Å²) in [4.78, 5) is 11.7. The Hall–Kier alpha value is -2.14. The molecule has 0 aliphatic heterocycles. The fourth-order valence-electron chi connectivity index (χ4n) is 1.69. The van der Waals surface area contributed by atoms with Gasteiger partial charge in [-0.25, -0.2) is 8.78 Å². The van der Waals surface area contributed by atoms with Gasteiger partial charge in [0.2, 0.25) is 5.91 Å². The topological polar surface area (TPSA) is 41.1 Å². The van der Waals surface area contributed by atoms with Crippen molar-refractivity contribution < 1.29 is 13.6 Å². The molecule has 6 heteroatoms. The van der Waals surface area contributed by atoms with Crippen LogP contribution in [0.25, 0.3) is 0 Å². The van der Waals surface area contributed by atoms with Gasteiger partial charge in [-0.2, -0.15) is 0 Å². The number of anilines is 2. The average Bonchev–Trinajstić information content (AvgIpc) is 2.44. The van der Waals surface area contributed by atoms with Gasteiger partial charge in [-0.3, -0.25) is 4.79 Å². The second-order valence-corrected chi connectivity index (χ2v) is 4.79. The summed E-state index contributed by atoms with van der Waals surface area (Å²) in [6, 6.07) is 10.1. The maximum absolute atomic E-state index is 13.4. The van der Waals surface area contributed by atoms with Gasteiger partial charge in [-0.1, -0.05) is 11.6 Å². The molecule has 0 heterocycles. The Balaban J connectivity index is 1.81. The molecule has 0 aliphatic carbocycles. The van der Waals surface area contributed by atoms with E-state index in [4.69, 9.17) is 11.6 Å². The molecule has 2 aromatic rings. The second-order valence-electron chi connectivity index (χ2n) is 4.36. The highest BCUT2D eigenvalue weighted by molar-refractivity contribution is 6.30. The van der Waals surface area contributed by atoms with E-state index in [0.717, 1.165) is 17.8 Å². The molecule has 110 valence electrons. The SMILES string of the molecule is O=C(CCNc1ccc(Cl)cc1)Nc1ccc(F)cc1F. The van der Waals surface area contributed by atoms with Crippen molar-refractivity contribution in [2.24, 2.45) is 0 Å². The number of benzene rings is 2. The van der Waals surface area contributed by atoms with Crippen molar-refractivity contribution in [1.82, 2.24) is 0 Å². The molecule has 2 aromatic carbocycles. The van der Waals surface area contributed by atoms with Crippen LogP contribution in [0.1, 0.15) is 6.42 Å². The highest BCUT2D eigenvalue weighted by Gasteiger charge is 2.07. The molecule has 0 aromatic heterocycles. The van der Waals surface area contributed by atoms with Crippen molar-refractivity contribution in [2.45, 2.75) is 6.42 Å². The zero-order valence-electron chi connectivity index (χ0n) is 11.0. The number of hydrogen-bond donors (Lipinski definition) is 2. The average molecular weight is 311 g/mol. The fraction of sp³-hybridized carbons (Fsp3) is 0.133. The van der Waals surface area contributed by atoms with E-state index >= 15 is 0 Å². The van der Waals surface area contributed by atoms with Crippen LogP contribution in [0.2, 0.25) is 5.02 Å². The lowest BCUT2D eigenvalue weighted by molar-refractivity contribution is -0.116. The lowest BCUT2D eigenvalue weighted by atomic mass is 10.2. The molecule has 0 saturated carbocycles. The Morgan fingerprint density at radius 1 is 1.10 bits per heavy atom. The van der Waals surface area contributed by atoms with Crippen LogP contribution in [0.5, 0.6) is 0 Å². The van der Waals surface area contributed by atoms with Gasteiger partial charge in [0.05, 0.1) is 5.69 Å². The zero-order valence-corrected chi connectivity index (χ0v) is 11.8. The van der Waals surface area contributed by atoms with E-state index in [-0.39, 0.29) is 18.0 Å². The van der Waals surface area contributed by atoms with Gasteiger partial charge in [-0.05, 0) is 36.4 Å². The molecule has 3 nitrogen and oxygen atoms in total. The zero-order chi connectivity index (χ0) is 15.2. The molecule has 0 unspecified atom stereocenters. The molecule has 0 radical (unpaired) electrons. The number of amides is 1. The molecule has 0 saturated heterocycles. The van der Waals surface area contributed by atoms with Crippen LogP contribution in [0.4, 0.5) is 20.2 Å². The first-order chi connectivity index (χ1) is 10.0. The maximum Gasteiger partial charge on any atom is 0.226 e. The summed E-state index contributed by atoms with van der Waals surface area (Å²) in [5.41, 5.74) is 0.799. The molecule has 1 amide bonds. The van der Waals surface area contributed by atoms with Gasteiger partial charge in [-0.15, -0.1) is 0 Å². The van der Waals surface area contributed by atoms with Crippen LogP contribution in [-0.4, -0.2) is 12.5 Å². The van der Waals surface area contributed by atoms with Gasteiger partial charge in [0, 0.05) is 29.7 Å². The molecular weight excluding hydrogens is 298 g/mol. The summed E-state index contributed by atoms with van der Waals surface area (Å²) < 4.78 is 26.1. The summed E-state index contributed by atoms with van der Waals surface area (Å²) in [7, 11) is 0. The van der Waals surface area contributed by atoms with E-state index in [0.29, 0.717) is 11.6 Å². The Labute approximate surface area is 125 Å². The minimum Gasteiger partial charge on any atom is -0.385 e. The molecule has 2 rings (SSSR count). The highest BCUT2D eigenvalue weighted by Crippen LogP contribution is 2.15. The van der Waals surface area contributed by atoms with Crippen molar-refractivity contribution in [3.05, 3.63) is 59.1 Å². The van der Waals surface area contributed by atoms with Crippen molar-refractivity contribution >= 4 is 28.9 Å². The monoisotopic (exact) mass is 310 g/mol. The smallest absolute Gasteiger partial charge is 0.226 e. The van der Waals surface area contributed by atoms with Crippen molar-refractivity contribution in [1.29, 1.82) is 0 Å². The summed E-state index contributed by atoms with van der Waals surface area (Å²) in [6.45, 7) is 0.385. The van der Waals surface area contributed by atoms with Crippen LogP contribution >= 0.6 is 11.6 Å². The van der Waals surface area contributed by atoms with Gasteiger partial charge >= 0.3 is 0 Å². The molecule has 0 aliphatic rings. The Morgan fingerprint density at radius 3 is 2.48 bits per heavy atom. The van der Waals surface area contributed by atoms with Crippen LogP contribution in [0.3, 0.4) is 0 Å². The first kappa shape index (κ1) is 15.3. The molecule has 0 atom stereocenters. The van der Waals surface area contributed by atoms with Crippen LogP contribution in [0.15, 0.2) is 42.5 Å². The summed E-state index contributed by atoms with van der Waals surface area (Å²) in [5.74, 6) is -1.84. The first-order valence-electron chi connectivity index (χ1n) is 6.29. The largest absolute Gasteiger partial charge is 0.385 e. The maximum atomic E-state index is 13.4. The van der Waals surface area contributed by atoms with E-state index in [2.05, 4.69) is 10.6 Å². The van der Waals surface area contributed by atoms with E-state index in [1.165, 1.54) is 6.07 Å². The predicted molar refractivity (Wildman–Crippen MR) is 79.5 cm³/mol. The standard InChI is InChI=1S/C15H13ClF2N2O/c16-10-1-4-12(5-2-10)19-8-7-15(21)20-14-6-3-11(17)9-13(14)18/h1-6,9,19H,7-8H2,(H,20,21). The number of carbonyl (C=O) groups excluding carboxylic acids is 1. The second kappa shape index (κ2) is 7.04. The summed E-state index contributed by atoms with van der Waals surface area (Å²) in [6.07, 6.45) is 0.152. The summed E-state index contributed by atoms with van der Waals surface area (Å²) >= 11 is 5.76. The lowest BCUT2D eigenvalue weighted by Gasteiger charge is -2.08. The van der Waals surface area contributed by atoms with Crippen LogP contribution < -0.4 is 10.6 Å². The molecule has 0 spiro atoms. The number of rotatable bonds is 5. The van der Waals surface area contributed by atoms with E-state index < -0.39 is 11.6 Å². The minimum absolute atomic E-state index is 0.0344. The van der Waals surface area contributed by atoms with Gasteiger partial charge in [0.25, 0.3) is 0 Å². The van der Waals surface area contributed by atoms with Crippen LogP contribution in [-0.2, 0) is 4.79 Å². The quantitative estimate of drug-likeness (QED) is 0.874. The lowest BCUT2D eigenvalue weighted by Crippen LogP contribution is -2.17. The van der Waals surface area contributed by atoms with Crippen LogP contribution in [0, 0.1) is 11.6 Å². The van der Waals surface area contributed by atoms with Gasteiger partial charge < -0.3 is 10.6 Å². The van der Waals surface area contributed by atoms with E-state index in [9.17, 15) is 13.6 Å². The normalized spacial score (nSPS) is 10.2. The van der Waals surface area contributed by atoms with Crippen molar-refractivity contribution in [3.63, 3.8) is 0 Å². The van der Waals surface area contributed by atoms with Crippen molar-refractivity contribution in [3.8, 4) is 0 Å². The van der Waals surface area contributed by atoms with E-state index in [1.807, 2.05) is 0 Å². The Bertz CT molecular complexity index is 632. The fourth-order valence-corrected chi connectivity index (χ4v) is 1.82. The highest BCUT2D eigenvalue weighted by atomic mass is 35.5. The van der Waals surface area contributed by atoms with Crippen molar-refractivity contribution in [2.75, 3.05) is 17.2 Å². The number of halogens is 3. The molecule has 21 heavy (non-hydrogen) atoms. The van der Waals surface area contributed by atoms with E-state index in [1.54, 1.807) is 24.3 Å². The predicted octanol–water partition coefficient (Wildman–Crippen LogP) is 4.06. The molecule has 2 N–H and O–H groups in total. The minimum atomic E-state index is -0.797. The third-order valence-electron chi connectivity index (χ3n) is 2.73. The van der Waals surface area contributed by atoms with Gasteiger partial charge in [0.1, 0.15) is 11.6 Å². The number of nitrogens with one attached hydrogen (secondary N) is 2. The summed E-state index contributed by atoms with van der Waals surface area (Å²) in [5, 5.41) is 6.06. The number of carbonyl (C=O) groups is 1. The number of hydrogen-bond acceptors (Lipinski definition) is 2. The molecule has 0 bridgehead atoms. The first-order valence-corrected chi connectivity index (χ1v) is 6.67. The molecular formula is C15H13ClF2N2O. The third kappa shape index (κ3) is 4.72. The van der Waals surface area contributed by atoms with Gasteiger partial charge in [0.15, 0.2) is 0 Å². The third-order valence-corrected chi connectivity index (χ3v) is 2.98. The Kier molecular flexibility index (Phi) is 5.11. The Morgan fingerprint density at radius 2 is 1.81 bits per heavy atom. The molecule has 0 fully saturated rings.